The van der Waals surface area contributed by atoms with Gasteiger partial charge in [0.15, 0.2) is 0 Å². The normalized spacial score (nSPS) is 10.8. The number of rotatable bonds is 2. The first-order valence-electron chi connectivity index (χ1n) is 5.43. The Morgan fingerprint density at radius 3 is 2.76 bits per heavy atom. The van der Waals surface area contributed by atoms with Crippen LogP contribution in [0.1, 0.15) is 25.3 Å². The maximum absolute atomic E-state index is 13.2. The average molecular weight is 232 g/mol. The number of hydrogen-bond donors (Lipinski definition) is 1. The molecule has 1 heterocycles. The highest BCUT2D eigenvalue weighted by Gasteiger charge is 2.14. The molecule has 0 radical (unpaired) electrons. The monoisotopic (exact) mass is 232 g/mol. The van der Waals surface area contributed by atoms with E-state index >= 15 is 0 Å². The Kier molecular flexibility index (Phi) is 3.04. The van der Waals surface area contributed by atoms with Crippen LogP contribution in [0.2, 0.25) is 0 Å². The van der Waals surface area contributed by atoms with Gasteiger partial charge in [-0.2, -0.15) is 0 Å². The molecule has 4 heteroatoms. The SMILES string of the molecule is CC(C)c1c(-c2cccc(F)c2)nc[nH]c1=O. The number of nitrogens with zero attached hydrogens (tertiary/aromatic N) is 1. The van der Waals surface area contributed by atoms with Gasteiger partial charge in [-0.1, -0.05) is 26.0 Å². The number of nitrogens with one attached hydrogen (secondary N) is 1. The molecule has 0 bridgehead atoms. The number of aromatic nitrogens is 2. The van der Waals surface area contributed by atoms with E-state index < -0.39 is 0 Å². The Bertz CT molecular complexity index is 590. The first-order valence-corrected chi connectivity index (χ1v) is 5.43. The summed E-state index contributed by atoms with van der Waals surface area (Å²) in [5, 5.41) is 0. The molecule has 1 N–H and O–H groups in total. The second-order valence-corrected chi connectivity index (χ2v) is 4.16. The summed E-state index contributed by atoms with van der Waals surface area (Å²) >= 11 is 0. The predicted molar refractivity (Wildman–Crippen MR) is 64.3 cm³/mol. The molecule has 0 fully saturated rings. The van der Waals surface area contributed by atoms with Crippen LogP contribution in [0, 0.1) is 5.82 Å². The Balaban J connectivity index is 2.67. The Morgan fingerprint density at radius 2 is 2.12 bits per heavy atom. The second kappa shape index (κ2) is 4.49. The highest BCUT2D eigenvalue weighted by molar-refractivity contribution is 5.63. The smallest absolute Gasteiger partial charge is 0.254 e. The first-order chi connectivity index (χ1) is 8.09. The van der Waals surface area contributed by atoms with E-state index in [1.54, 1.807) is 12.1 Å². The fourth-order valence-corrected chi connectivity index (χ4v) is 1.81. The predicted octanol–water partition coefficient (Wildman–Crippen LogP) is 2.70. The lowest BCUT2D eigenvalue weighted by molar-refractivity contribution is 0.628. The van der Waals surface area contributed by atoms with Gasteiger partial charge in [0.25, 0.3) is 5.56 Å². The van der Waals surface area contributed by atoms with Crippen molar-refractivity contribution in [1.82, 2.24) is 9.97 Å². The van der Waals surface area contributed by atoms with E-state index in [4.69, 9.17) is 0 Å². The van der Waals surface area contributed by atoms with Gasteiger partial charge in [-0.25, -0.2) is 9.37 Å². The van der Waals surface area contributed by atoms with E-state index in [9.17, 15) is 9.18 Å². The maximum atomic E-state index is 13.2. The summed E-state index contributed by atoms with van der Waals surface area (Å²) in [6.07, 6.45) is 1.34. The number of halogens is 1. The number of H-pyrrole nitrogens is 1. The lowest BCUT2D eigenvalue weighted by Crippen LogP contribution is -2.16. The molecule has 17 heavy (non-hydrogen) atoms. The molecule has 0 saturated carbocycles. The summed E-state index contributed by atoms with van der Waals surface area (Å²) in [6, 6.07) is 6.10. The van der Waals surface area contributed by atoms with Gasteiger partial charge in [-0.15, -0.1) is 0 Å². The lowest BCUT2D eigenvalue weighted by atomic mass is 9.98. The zero-order chi connectivity index (χ0) is 12.4. The molecular weight excluding hydrogens is 219 g/mol. The molecule has 0 aliphatic heterocycles. The zero-order valence-electron chi connectivity index (χ0n) is 9.70. The second-order valence-electron chi connectivity index (χ2n) is 4.16. The fourth-order valence-electron chi connectivity index (χ4n) is 1.81. The van der Waals surface area contributed by atoms with Crippen molar-refractivity contribution < 1.29 is 4.39 Å². The van der Waals surface area contributed by atoms with Gasteiger partial charge in [-0.05, 0) is 18.1 Å². The summed E-state index contributed by atoms with van der Waals surface area (Å²) in [5.74, 6) is -0.301. The Hall–Kier alpha value is -1.97. The summed E-state index contributed by atoms with van der Waals surface area (Å²) in [4.78, 5) is 18.4. The molecule has 1 aromatic carbocycles. The molecule has 1 aromatic heterocycles. The van der Waals surface area contributed by atoms with Gasteiger partial charge >= 0.3 is 0 Å². The Morgan fingerprint density at radius 1 is 1.35 bits per heavy atom. The van der Waals surface area contributed by atoms with Crippen molar-refractivity contribution in [2.45, 2.75) is 19.8 Å². The molecule has 0 amide bonds. The third-order valence-electron chi connectivity index (χ3n) is 2.56. The van der Waals surface area contributed by atoms with Crippen LogP contribution in [0.25, 0.3) is 11.3 Å². The number of aromatic amines is 1. The third-order valence-corrected chi connectivity index (χ3v) is 2.56. The van der Waals surface area contributed by atoms with Crippen LogP contribution in [0.4, 0.5) is 4.39 Å². The van der Waals surface area contributed by atoms with Crippen molar-refractivity contribution >= 4 is 0 Å². The molecule has 88 valence electrons. The molecule has 0 atom stereocenters. The van der Waals surface area contributed by atoms with E-state index in [1.807, 2.05) is 13.8 Å². The average Bonchev–Trinajstić information content (AvgIpc) is 2.28. The third kappa shape index (κ3) is 2.25. The van der Waals surface area contributed by atoms with E-state index in [1.165, 1.54) is 18.5 Å². The van der Waals surface area contributed by atoms with E-state index in [0.29, 0.717) is 16.8 Å². The largest absolute Gasteiger partial charge is 0.313 e. The van der Waals surface area contributed by atoms with Crippen molar-refractivity contribution in [2.24, 2.45) is 0 Å². The van der Waals surface area contributed by atoms with Gasteiger partial charge in [0.2, 0.25) is 0 Å². The Labute approximate surface area is 98.3 Å². The van der Waals surface area contributed by atoms with Crippen LogP contribution in [-0.4, -0.2) is 9.97 Å². The molecule has 0 unspecified atom stereocenters. The van der Waals surface area contributed by atoms with Gasteiger partial charge < -0.3 is 4.98 Å². The highest BCUT2D eigenvalue weighted by atomic mass is 19.1. The van der Waals surface area contributed by atoms with Gasteiger partial charge in [0.1, 0.15) is 5.82 Å². The first kappa shape index (κ1) is 11.5. The molecule has 2 rings (SSSR count). The van der Waals surface area contributed by atoms with Crippen LogP contribution in [0.3, 0.4) is 0 Å². The minimum absolute atomic E-state index is 0.0331. The zero-order valence-corrected chi connectivity index (χ0v) is 9.70. The molecule has 0 aliphatic rings. The van der Waals surface area contributed by atoms with E-state index in [-0.39, 0.29) is 17.3 Å². The number of benzene rings is 1. The molecule has 0 spiro atoms. The van der Waals surface area contributed by atoms with Crippen molar-refractivity contribution in [1.29, 1.82) is 0 Å². The summed E-state index contributed by atoms with van der Waals surface area (Å²) in [7, 11) is 0. The summed E-state index contributed by atoms with van der Waals surface area (Å²) in [6.45, 7) is 3.82. The molecule has 3 nitrogen and oxygen atoms in total. The van der Waals surface area contributed by atoms with Crippen molar-refractivity contribution in [3.05, 3.63) is 52.3 Å². The quantitative estimate of drug-likeness (QED) is 0.865. The van der Waals surface area contributed by atoms with Crippen LogP contribution in [0.5, 0.6) is 0 Å². The summed E-state index contributed by atoms with van der Waals surface area (Å²) < 4.78 is 13.2. The molecule has 0 aliphatic carbocycles. The highest BCUT2D eigenvalue weighted by Crippen LogP contribution is 2.24. The van der Waals surface area contributed by atoms with Crippen LogP contribution >= 0.6 is 0 Å². The molecule has 0 saturated heterocycles. The van der Waals surface area contributed by atoms with E-state index in [2.05, 4.69) is 9.97 Å². The van der Waals surface area contributed by atoms with Crippen molar-refractivity contribution in [3.8, 4) is 11.3 Å². The minimum atomic E-state index is -0.334. The van der Waals surface area contributed by atoms with Crippen LogP contribution in [0.15, 0.2) is 35.4 Å². The van der Waals surface area contributed by atoms with Crippen molar-refractivity contribution in [2.75, 3.05) is 0 Å². The van der Waals surface area contributed by atoms with Gasteiger partial charge in [0.05, 0.1) is 12.0 Å². The molecule has 2 aromatic rings. The van der Waals surface area contributed by atoms with E-state index in [0.717, 1.165) is 0 Å². The molecular formula is C13H13FN2O. The van der Waals surface area contributed by atoms with Crippen molar-refractivity contribution in [3.63, 3.8) is 0 Å². The minimum Gasteiger partial charge on any atom is -0.313 e. The fraction of sp³-hybridized carbons (Fsp3) is 0.231. The van der Waals surface area contributed by atoms with Gasteiger partial charge in [-0.3, -0.25) is 4.79 Å². The number of hydrogen-bond acceptors (Lipinski definition) is 2. The maximum Gasteiger partial charge on any atom is 0.254 e. The van der Waals surface area contributed by atoms with Gasteiger partial charge in [0, 0.05) is 11.1 Å². The van der Waals surface area contributed by atoms with Crippen LogP contribution < -0.4 is 5.56 Å². The standard InChI is InChI=1S/C13H13FN2O/c1-8(2)11-12(15-7-16-13(11)17)9-4-3-5-10(14)6-9/h3-8H,1-2H3,(H,15,16,17). The van der Waals surface area contributed by atoms with Crippen LogP contribution in [-0.2, 0) is 0 Å². The lowest BCUT2D eigenvalue weighted by Gasteiger charge is -2.10. The summed E-state index contributed by atoms with van der Waals surface area (Å²) in [5.41, 5.74) is 1.58. The topological polar surface area (TPSA) is 45.8 Å².